The molecule has 0 radical (unpaired) electrons. The fourth-order valence-corrected chi connectivity index (χ4v) is 4.59. The molecule has 0 atom stereocenters. The number of carbonyl (C=O) groups excluding carboxylic acids is 1. The van der Waals surface area contributed by atoms with E-state index in [0.29, 0.717) is 16.7 Å². The van der Waals surface area contributed by atoms with Gasteiger partial charge in [-0.05, 0) is 91.0 Å². The average molecular weight is 467 g/mol. The van der Waals surface area contributed by atoms with Crippen LogP contribution in [0.15, 0.2) is 92.5 Å². The van der Waals surface area contributed by atoms with Crippen LogP contribution in [-0.2, 0) is 4.79 Å². The maximum absolute atomic E-state index is 12.3. The molecule has 3 aromatic carbocycles. The summed E-state index contributed by atoms with van der Waals surface area (Å²) in [6.45, 7) is 2.56. The second kappa shape index (κ2) is 10.1. The number of carbonyl (C=O) groups is 1. The molecule has 0 aromatic heterocycles. The van der Waals surface area contributed by atoms with Crippen molar-refractivity contribution in [2.24, 2.45) is 4.99 Å². The third-order valence-electron chi connectivity index (χ3n) is 4.26. The molecule has 1 aliphatic heterocycles. The Bertz CT molecular complexity index is 1130. The van der Waals surface area contributed by atoms with Crippen LogP contribution in [0.5, 0.6) is 5.75 Å². The number of nitrogens with one attached hydrogen (secondary N) is 1. The molecule has 1 heterocycles. The van der Waals surface area contributed by atoms with Gasteiger partial charge in [0.1, 0.15) is 5.75 Å². The van der Waals surface area contributed by atoms with Gasteiger partial charge in [-0.3, -0.25) is 4.79 Å². The van der Waals surface area contributed by atoms with Crippen LogP contribution in [0, 0.1) is 0 Å². The van der Waals surface area contributed by atoms with Crippen LogP contribution in [0.1, 0.15) is 12.5 Å². The Morgan fingerprint density at radius 2 is 1.65 bits per heavy atom. The number of benzene rings is 3. The molecule has 0 saturated carbocycles. The van der Waals surface area contributed by atoms with E-state index < -0.39 is 0 Å². The average Bonchev–Trinajstić information content (AvgIpc) is 3.11. The topological polar surface area (TPSA) is 50.7 Å². The Labute approximate surface area is 194 Å². The van der Waals surface area contributed by atoms with Crippen molar-refractivity contribution in [3.05, 3.63) is 88.3 Å². The molecule has 0 aliphatic carbocycles. The van der Waals surface area contributed by atoms with Crippen LogP contribution in [0.3, 0.4) is 0 Å². The molecule has 7 heteroatoms. The predicted molar refractivity (Wildman–Crippen MR) is 130 cm³/mol. The minimum atomic E-state index is -0.144. The summed E-state index contributed by atoms with van der Waals surface area (Å²) in [4.78, 5) is 19.7. The molecule has 1 fully saturated rings. The van der Waals surface area contributed by atoms with Gasteiger partial charge in [0.25, 0.3) is 5.91 Å². The Hall–Kier alpha value is -2.67. The number of hydrogen-bond donors (Lipinski definition) is 1. The molecular weight excluding hydrogens is 448 g/mol. The molecule has 1 aliphatic rings. The van der Waals surface area contributed by atoms with Crippen LogP contribution in [0.2, 0.25) is 5.02 Å². The van der Waals surface area contributed by atoms with E-state index in [1.54, 1.807) is 11.8 Å². The molecule has 3 aromatic rings. The molecule has 1 saturated heterocycles. The van der Waals surface area contributed by atoms with Gasteiger partial charge in [0, 0.05) is 14.8 Å². The highest BCUT2D eigenvalue weighted by Gasteiger charge is 2.23. The molecule has 4 rings (SSSR count). The van der Waals surface area contributed by atoms with Gasteiger partial charge in [0.2, 0.25) is 0 Å². The first-order valence-electron chi connectivity index (χ1n) is 9.65. The fraction of sp³-hybridized carbons (Fsp3) is 0.0833. The normalized spacial score (nSPS) is 16.0. The van der Waals surface area contributed by atoms with E-state index in [9.17, 15) is 4.79 Å². The smallest absolute Gasteiger partial charge is 0.264 e. The number of amidine groups is 1. The highest BCUT2D eigenvalue weighted by molar-refractivity contribution is 8.18. The standard InChI is InChI=1S/C24H19ClN2O2S2/c1-2-29-19-9-7-18(8-10-19)26-24-27-23(28)22(31-24)15-16-3-11-20(12-4-16)30-21-13-5-17(25)6-14-21/h3-15H,2H2,1H3,(H,26,27,28)/b22-15+. The number of ether oxygens (including phenoxy) is 1. The van der Waals surface area contributed by atoms with Crippen LogP contribution in [0.4, 0.5) is 5.69 Å². The lowest BCUT2D eigenvalue weighted by Crippen LogP contribution is -2.19. The molecule has 1 N–H and O–H groups in total. The summed E-state index contributed by atoms with van der Waals surface area (Å²) in [5.41, 5.74) is 1.72. The summed E-state index contributed by atoms with van der Waals surface area (Å²) in [6, 6.07) is 23.3. The van der Waals surface area contributed by atoms with Gasteiger partial charge in [-0.2, -0.15) is 0 Å². The Morgan fingerprint density at radius 3 is 2.29 bits per heavy atom. The number of thioether (sulfide) groups is 1. The number of halogens is 1. The molecule has 31 heavy (non-hydrogen) atoms. The van der Waals surface area contributed by atoms with E-state index in [1.807, 2.05) is 85.8 Å². The lowest BCUT2D eigenvalue weighted by molar-refractivity contribution is -0.115. The van der Waals surface area contributed by atoms with Crippen LogP contribution in [-0.4, -0.2) is 17.7 Å². The Balaban J connectivity index is 1.42. The summed E-state index contributed by atoms with van der Waals surface area (Å²) in [7, 11) is 0. The van der Waals surface area contributed by atoms with Gasteiger partial charge in [-0.1, -0.05) is 35.5 Å². The predicted octanol–water partition coefficient (Wildman–Crippen LogP) is 6.78. The van der Waals surface area contributed by atoms with Crippen LogP contribution < -0.4 is 10.1 Å². The molecule has 0 unspecified atom stereocenters. The van der Waals surface area contributed by atoms with Crippen molar-refractivity contribution in [3.63, 3.8) is 0 Å². The van der Waals surface area contributed by atoms with Gasteiger partial charge >= 0.3 is 0 Å². The second-order valence-electron chi connectivity index (χ2n) is 6.53. The number of amides is 1. The zero-order chi connectivity index (χ0) is 21.6. The van der Waals surface area contributed by atoms with E-state index in [0.717, 1.165) is 31.8 Å². The molecule has 0 bridgehead atoms. The van der Waals surface area contributed by atoms with Crippen molar-refractivity contribution in [1.29, 1.82) is 0 Å². The highest BCUT2D eigenvalue weighted by atomic mass is 35.5. The maximum atomic E-state index is 12.3. The van der Waals surface area contributed by atoms with Gasteiger partial charge in [0.15, 0.2) is 5.17 Å². The quantitative estimate of drug-likeness (QED) is 0.407. The minimum absolute atomic E-state index is 0.144. The van der Waals surface area contributed by atoms with Gasteiger partial charge in [-0.15, -0.1) is 0 Å². The van der Waals surface area contributed by atoms with Crippen LogP contribution in [0.25, 0.3) is 6.08 Å². The largest absolute Gasteiger partial charge is 0.494 e. The summed E-state index contributed by atoms with van der Waals surface area (Å²) in [6.07, 6.45) is 1.87. The summed E-state index contributed by atoms with van der Waals surface area (Å²) < 4.78 is 5.44. The van der Waals surface area contributed by atoms with Gasteiger partial charge in [-0.25, -0.2) is 4.99 Å². The maximum Gasteiger partial charge on any atom is 0.264 e. The molecule has 156 valence electrons. The Kier molecular flexibility index (Phi) is 7.02. The third kappa shape index (κ3) is 5.94. The summed E-state index contributed by atoms with van der Waals surface area (Å²) >= 11 is 8.93. The van der Waals surface area contributed by atoms with Crippen molar-refractivity contribution >= 4 is 58.0 Å². The lowest BCUT2D eigenvalue weighted by Gasteiger charge is -2.03. The van der Waals surface area contributed by atoms with E-state index >= 15 is 0 Å². The SMILES string of the molecule is CCOc1ccc(N=C2NC(=O)/C(=C\c3ccc(Sc4ccc(Cl)cc4)cc3)S2)cc1. The van der Waals surface area contributed by atoms with Gasteiger partial charge in [0.05, 0.1) is 17.2 Å². The van der Waals surface area contributed by atoms with Crippen molar-refractivity contribution in [1.82, 2.24) is 5.32 Å². The first kappa shape index (κ1) is 21.6. The second-order valence-corrected chi connectivity index (χ2v) is 9.15. The number of aliphatic imine (C=N–C) groups is 1. The zero-order valence-corrected chi connectivity index (χ0v) is 19.1. The number of hydrogen-bond acceptors (Lipinski definition) is 5. The van der Waals surface area contributed by atoms with E-state index in [-0.39, 0.29) is 5.91 Å². The highest BCUT2D eigenvalue weighted by Crippen LogP contribution is 2.31. The molecule has 1 amide bonds. The third-order valence-corrected chi connectivity index (χ3v) is 6.43. The van der Waals surface area contributed by atoms with Crippen molar-refractivity contribution < 1.29 is 9.53 Å². The molecular formula is C24H19ClN2O2S2. The lowest BCUT2D eigenvalue weighted by atomic mass is 10.2. The minimum Gasteiger partial charge on any atom is -0.494 e. The van der Waals surface area contributed by atoms with E-state index in [1.165, 1.54) is 11.8 Å². The van der Waals surface area contributed by atoms with E-state index in [4.69, 9.17) is 16.3 Å². The molecule has 0 spiro atoms. The number of nitrogens with zero attached hydrogens (tertiary/aromatic N) is 1. The Morgan fingerprint density at radius 1 is 1.00 bits per heavy atom. The van der Waals surface area contributed by atoms with E-state index in [2.05, 4.69) is 10.3 Å². The molecule has 4 nitrogen and oxygen atoms in total. The fourth-order valence-electron chi connectivity index (χ4n) is 2.80. The van der Waals surface area contributed by atoms with Crippen molar-refractivity contribution in [3.8, 4) is 5.75 Å². The first-order valence-corrected chi connectivity index (χ1v) is 11.7. The first-order chi connectivity index (χ1) is 15.1. The summed E-state index contributed by atoms with van der Waals surface area (Å²) in [5.74, 6) is 0.655. The van der Waals surface area contributed by atoms with Crippen molar-refractivity contribution in [2.75, 3.05) is 6.61 Å². The monoisotopic (exact) mass is 466 g/mol. The van der Waals surface area contributed by atoms with Crippen LogP contribution >= 0.6 is 35.1 Å². The van der Waals surface area contributed by atoms with Gasteiger partial charge < -0.3 is 10.1 Å². The van der Waals surface area contributed by atoms with Crippen molar-refractivity contribution in [2.45, 2.75) is 16.7 Å². The summed E-state index contributed by atoms with van der Waals surface area (Å²) in [5, 5.41) is 4.11. The number of rotatable bonds is 6. The zero-order valence-electron chi connectivity index (χ0n) is 16.7.